The van der Waals surface area contributed by atoms with Crippen molar-refractivity contribution in [1.29, 1.82) is 0 Å². The molecule has 2 aliphatic rings. The monoisotopic (exact) mass is 266 g/mol. The zero-order valence-corrected chi connectivity index (χ0v) is 11.1. The Morgan fingerprint density at radius 2 is 2.06 bits per heavy atom. The summed E-state index contributed by atoms with van der Waals surface area (Å²) in [4.78, 5) is 16.9. The average Bonchev–Trinajstić information content (AvgIpc) is 2.96. The summed E-state index contributed by atoms with van der Waals surface area (Å²) in [5.74, 6) is -1.11. The van der Waals surface area contributed by atoms with Crippen LogP contribution in [-0.4, -0.2) is 22.1 Å². The van der Waals surface area contributed by atoms with E-state index in [9.17, 15) is 9.90 Å². The Hall–Kier alpha value is -1.10. The molecule has 98 valence electrons. The Labute approximate surface area is 110 Å². The van der Waals surface area contributed by atoms with Crippen LogP contribution in [0.3, 0.4) is 0 Å². The summed E-state index contributed by atoms with van der Waals surface area (Å²) < 4.78 is 0. The SMILES string of the molecule is O=C(O)C1CCCc2sc(NC3CCCC3)nc21. The lowest BCUT2D eigenvalue weighted by Gasteiger charge is -2.16. The van der Waals surface area contributed by atoms with Crippen molar-refractivity contribution in [1.82, 2.24) is 4.98 Å². The molecule has 2 aliphatic carbocycles. The lowest BCUT2D eigenvalue weighted by molar-refractivity contribution is -0.139. The van der Waals surface area contributed by atoms with E-state index in [1.165, 1.54) is 30.6 Å². The number of nitrogens with zero attached hydrogens (tertiary/aromatic N) is 1. The summed E-state index contributed by atoms with van der Waals surface area (Å²) in [5.41, 5.74) is 0.819. The van der Waals surface area contributed by atoms with Crippen molar-refractivity contribution in [3.05, 3.63) is 10.6 Å². The zero-order chi connectivity index (χ0) is 12.5. The number of aliphatic carboxylic acids is 1. The second-order valence-corrected chi connectivity index (χ2v) is 6.32. The first-order chi connectivity index (χ1) is 8.74. The van der Waals surface area contributed by atoms with Gasteiger partial charge in [0.05, 0.1) is 5.69 Å². The average molecular weight is 266 g/mol. The van der Waals surface area contributed by atoms with Crippen molar-refractivity contribution in [2.45, 2.75) is 56.9 Å². The van der Waals surface area contributed by atoms with Crippen LogP contribution in [0.2, 0.25) is 0 Å². The van der Waals surface area contributed by atoms with Gasteiger partial charge in [0.2, 0.25) is 0 Å². The number of carbonyl (C=O) groups is 1. The molecule has 0 saturated heterocycles. The number of carboxylic acids is 1. The fraction of sp³-hybridized carbons (Fsp3) is 0.692. The van der Waals surface area contributed by atoms with Crippen molar-refractivity contribution in [3.8, 4) is 0 Å². The van der Waals surface area contributed by atoms with Crippen LogP contribution in [0.4, 0.5) is 5.13 Å². The van der Waals surface area contributed by atoms with Gasteiger partial charge in [0.15, 0.2) is 5.13 Å². The van der Waals surface area contributed by atoms with Gasteiger partial charge in [-0.2, -0.15) is 0 Å². The number of carboxylic acid groups (broad SMARTS) is 1. The quantitative estimate of drug-likeness (QED) is 0.883. The molecule has 0 amide bonds. The summed E-state index contributed by atoms with van der Waals surface area (Å²) >= 11 is 1.66. The zero-order valence-electron chi connectivity index (χ0n) is 10.3. The molecule has 0 aliphatic heterocycles. The van der Waals surface area contributed by atoms with Crippen LogP contribution >= 0.6 is 11.3 Å². The van der Waals surface area contributed by atoms with Gasteiger partial charge in [0.25, 0.3) is 0 Å². The van der Waals surface area contributed by atoms with Gasteiger partial charge in [-0.15, -0.1) is 11.3 Å². The molecule has 3 rings (SSSR count). The highest BCUT2D eigenvalue weighted by Gasteiger charge is 2.30. The van der Waals surface area contributed by atoms with Crippen molar-refractivity contribution < 1.29 is 9.90 Å². The standard InChI is InChI=1S/C13H18N2O2S/c16-12(17)9-6-3-7-10-11(9)15-13(18-10)14-8-4-1-2-5-8/h8-9H,1-7H2,(H,14,15)(H,16,17). The molecule has 1 aromatic heterocycles. The number of anilines is 1. The maximum Gasteiger partial charge on any atom is 0.312 e. The Morgan fingerprint density at radius 1 is 1.28 bits per heavy atom. The minimum Gasteiger partial charge on any atom is -0.481 e. The first-order valence-electron chi connectivity index (χ1n) is 6.73. The molecular weight excluding hydrogens is 248 g/mol. The van der Waals surface area contributed by atoms with E-state index in [4.69, 9.17) is 0 Å². The number of hydrogen-bond donors (Lipinski definition) is 2. The summed E-state index contributed by atoms with van der Waals surface area (Å²) in [6, 6.07) is 0.542. The summed E-state index contributed by atoms with van der Waals surface area (Å²) in [6.07, 6.45) is 7.70. The molecule has 5 heteroatoms. The second kappa shape index (κ2) is 4.88. The third-order valence-corrected chi connectivity index (χ3v) is 5.00. The molecule has 1 aromatic rings. The van der Waals surface area contributed by atoms with E-state index in [-0.39, 0.29) is 5.92 Å². The van der Waals surface area contributed by atoms with Crippen molar-refractivity contribution in [2.24, 2.45) is 0 Å². The molecule has 1 saturated carbocycles. The maximum absolute atomic E-state index is 11.2. The van der Waals surface area contributed by atoms with Gasteiger partial charge in [-0.25, -0.2) is 4.98 Å². The molecule has 0 bridgehead atoms. The van der Waals surface area contributed by atoms with Gasteiger partial charge >= 0.3 is 5.97 Å². The molecule has 1 unspecified atom stereocenters. The fourth-order valence-electron chi connectivity index (χ4n) is 2.97. The van der Waals surface area contributed by atoms with Crippen LogP contribution in [0, 0.1) is 0 Å². The van der Waals surface area contributed by atoms with Crippen molar-refractivity contribution in [2.75, 3.05) is 5.32 Å². The maximum atomic E-state index is 11.2. The van der Waals surface area contributed by atoms with Gasteiger partial charge in [0.1, 0.15) is 5.92 Å². The van der Waals surface area contributed by atoms with Crippen LogP contribution in [-0.2, 0) is 11.2 Å². The minimum absolute atomic E-state index is 0.385. The fourth-order valence-corrected chi connectivity index (χ4v) is 4.11. The Balaban J connectivity index is 1.79. The number of thiazole rings is 1. The Morgan fingerprint density at radius 3 is 2.78 bits per heavy atom. The van der Waals surface area contributed by atoms with Gasteiger partial charge in [-0.1, -0.05) is 12.8 Å². The first kappa shape index (κ1) is 12.0. The van der Waals surface area contributed by atoms with Crippen molar-refractivity contribution >= 4 is 22.4 Å². The van der Waals surface area contributed by atoms with E-state index in [0.29, 0.717) is 6.04 Å². The van der Waals surface area contributed by atoms with Gasteiger partial charge in [-0.3, -0.25) is 4.79 Å². The molecule has 0 radical (unpaired) electrons. The van der Waals surface area contributed by atoms with Crippen LogP contribution < -0.4 is 5.32 Å². The third-order valence-electron chi connectivity index (χ3n) is 3.94. The summed E-state index contributed by atoms with van der Waals surface area (Å²) in [6.45, 7) is 0. The van der Waals surface area contributed by atoms with E-state index in [1.54, 1.807) is 11.3 Å². The number of nitrogens with one attached hydrogen (secondary N) is 1. The first-order valence-corrected chi connectivity index (χ1v) is 7.54. The molecule has 2 N–H and O–H groups in total. The second-order valence-electron chi connectivity index (χ2n) is 5.24. The Kier molecular flexibility index (Phi) is 3.24. The molecule has 1 atom stereocenters. The molecule has 0 aromatic carbocycles. The molecule has 0 spiro atoms. The van der Waals surface area contributed by atoms with Crippen LogP contribution in [0.25, 0.3) is 0 Å². The minimum atomic E-state index is -0.728. The number of aryl methyl sites for hydroxylation is 1. The van der Waals surface area contributed by atoms with E-state index >= 15 is 0 Å². The lowest BCUT2D eigenvalue weighted by atomic mass is 9.91. The normalized spacial score (nSPS) is 23.9. The van der Waals surface area contributed by atoms with E-state index in [0.717, 1.165) is 30.1 Å². The predicted octanol–water partition coefficient (Wildman–Crippen LogP) is 3.00. The van der Waals surface area contributed by atoms with E-state index < -0.39 is 5.97 Å². The number of fused-ring (bicyclic) bond motifs is 1. The van der Waals surface area contributed by atoms with Crippen LogP contribution in [0.1, 0.15) is 55.0 Å². The van der Waals surface area contributed by atoms with Gasteiger partial charge in [0, 0.05) is 10.9 Å². The molecular formula is C13H18N2O2S. The highest BCUT2D eigenvalue weighted by atomic mass is 32.1. The highest BCUT2D eigenvalue weighted by molar-refractivity contribution is 7.15. The largest absolute Gasteiger partial charge is 0.481 e. The molecule has 18 heavy (non-hydrogen) atoms. The topological polar surface area (TPSA) is 62.2 Å². The Bertz CT molecular complexity index is 452. The van der Waals surface area contributed by atoms with Crippen LogP contribution in [0.15, 0.2) is 0 Å². The molecule has 4 nitrogen and oxygen atoms in total. The van der Waals surface area contributed by atoms with Gasteiger partial charge in [-0.05, 0) is 32.1 Å². The summed E-state index contributed by atoms with van der Waals surface area (Å²) in [5, 5.41) is 13.6. The van der Waals surface area contributed by atoms with Gasteiger partial charge < -0.3 is 10.4 Å². The summed E-state index contributed by atoms with van der Waals surface area (Å²) in [7, 11) is 0. The third kappa shape index (κ3) is 2.23. The molecule has 1 fully saturated rings. The van der Waals surface area contributed by atoms with E-state index in [2.05, 4.69) is 10.3 Å². The number of aromatic nitrogens is 1. The lowest BCUT2D eigenvalue weighted by Crippen LogP contribution is -2.18. The van der Waals surface area contributed by atoms with E-state index in [1.807, 2.05) is 0 Å². The number of hydrogen-bond acceptors (Lipinski definition) is 4. The van der Waals surface area contributed by atoms with Crippen LogP contribution in [0.5, 0.6) is 0 Å². The predicted molar refractivity (Wildman–Crippen MR) is 71.3 cm³/mol. The highest BCUT2D eigenvalue weighted by Crippen LogP contribution is 2.37. The molecule has 1 heterocycles. The number of rotatable bonds is 3. The smallest absolute Gasteiger partial charge is 0.312 e. The van der Waals surface area contributed by atoms with Crippen molar-refractivity contribution in [3.63, 3.8) is 0 Å².